The van der Waals surface area contributed by atoms with Gasteiger partial charge < -0.3 is 9.90 Å². The van der Waals surface area contributed by atoms with Gasteiger partial charge in [0.2, 0.25) is 0 Å². The molecule has 0 saturated carbocycles. The third-order valence-electron chi connectivity index (χ3n) is 2.56. The largest absolute Gasteiger partial charge is 0.388 e. The van der Waals surface area contributed by atoms with Gasteiger partial charge in [0.25, 0.3) is 0 Å². The Balaban J connectivity index is 3.08. The molecule has 1 aromatic carbocycles. The normalized spacial score (nSPS) is 12.6. The Hall–Kier alpha value is -1.15. The maximum Gasteiger partial charge on any atom is 0.122 e. The van der Waals surface area contributed by atoms with Gasteiger partial charge in [-0.25, -0.2) is 0 Å². The Bertz CT molecular complexity index is 342. The molecule has 1 rings (SSSR count). The lowest BCUT2D eigenvalue weighted by Crippen LogP contribution is -2.02. The van der Waals surface area contributed by atoms with Crippen molar-refractivity contribution in [2.75, 3.05) is 0 Å². The van der Waals surface area contributed by atoms with E-state index < -0.39 is 6.10 Å². The molecule has 76 valence electrons. The van der Waals surface area contributed by atoms with Crippen molar-refractivity contribution in [1.82, 2.24) is 0 Å². The number of aldehydes is 1. The molecule has 1 N–H and O–H groups in total. The van der Waals surface area contributed by atoms with Crippen LogP contribution in [0.15, 0.2) is 12.1 Å². The van der Waals surface area contributed by atoms with E-state index in [9.17, 15) is 9.90 Å². The zero-order valence-corrected chi connectivity index (χ0v) is 8.87. The molecule has 2 nitrogen and oxygen atoms in total. The van der Waals surface area contributed by atoms with E-state index in [1.807, 2.05) is 32.9 Å². The van der Waals surface area contributed by atoms with Crippen LogP contribution in [0.1, 0.15) is 34.8 Å². The number of aryl methyl sites for hydroxylation is 3. The first-order chi connectivity index (χ1) is 6.56. The van der Waals surface area contributed by atoms with Gasteiger partial charge >= 0.3 is 0 Å². The minimum absolute atomic E-state index is 0.170. The molecule has 0 radical (unpaired) electrons. The molecule has 0 aromatic heterocycles. The average Bonchev–Trinajstić information content (AvgIpc) is 2.11. The fourth-order valence-electron chi connectivity index (χ4n) is 1.56. The first-order valence-electron chi connectivity index (χ1n) is 4.75. The van der Waals surface area contributed by atoms with Gasteiger partial charge in [0.1, 0.15) is 6.29 Å². The molecule has 0 aliphatic carbocycles. The van der Waals surface area contributed by atoms with Gasteiger partial charge in [-0.15, -0.1) is 0 Å². The van der Waals surface area contributed by atoms with Crippen molar-refractivity contribution in [2.24, 2.45) is 0 Å². The molecule has 0 fully saturated rings. The zero-order chi connectivity index (χ0) is 10.7. The van der Waals surface area contributed by atoms with Crippen molar-refractivity contribution in [1.29, 1.82) is 0 Å². The third kappa shape index (κ3) is 2.20. The highest BCUT2D eigenvalue weighted by Crippen LogP contribution is 2.23. The molecule has 0 bridgehead atoms. The Morgan fingerprint density at radius 2 is 1.79 bits per heavy atom. The number of aliphatic hydroxyl groups is 1. The van der Waals surface area contributed by atoms with Gasteiger partial charge in [-0.3, -0.25) is 0 Å². The first-order valence-corrected chi connectivity index (χ1v) is 4.75. The highest BCUT2D eigenvalue weighted by Gasteiger charge is 2.10. The summed E-state index contributed by atoms with van der Waals surface area (Å²) < 4.78 is 0. The Morgan fingerprint density at radius 1 is 1.21 bits per heavy atom. The van der Waals surface area contributed by atoms with E-state index in [2.05, 4.69) is 0 Å². The lowest BCUT2D eigenvalue weighted by atomic mass is 9.96. The van der Waals surface area contributed by atoms with Gasteiger partial charge in [-0.1, -0.05) is 12.1 Å². The molecule has 1 atom stereocenters. The second-order valence-corrected chi connectivity index (χ2v) is 3.71. The van der Waals surface area contributed by atoms with Gasteiger partial charge in [-0.05, 0) is 43.0 Å². The highest BCUT2D eigenvalue weighted by atomic mass is 16.3. The number of hydrogen-bond donors (Lipinski definition) is 1. The lowest BCUT2D eigenvalue weighted by Gasteiger charge is -2.13. The van der Waals surface area contributed by atoms with E-state index in [0.29, 0.717) is 0 Å². The lowest BCUT2D eigenvalue weighted by molar-refractivity contribution is -0.109. The second kappa shape index (κ2) is 4.38. The number of hydrogen-bond acceptors (Lipinski definition) is 2. The van der Waals surface area contributed by atoms with Crippen molar-refractivity contribution >= 4 is 6.29 Å². The van der Waals surface area contributed by atoms with Crippen LogP contribution in [0.5, 0.6) is 0 Å². The van der Waals surface area contributed by atoms with Crippen LogP contribution in [0.25, 0.3) is 0 Å². The first kappa shape index (κ1) is 10.9. The summed E-state index contributed by atoms with van der Waals surface area (Å²) in [6, 6.07) is 4.00. The van der Waals surface area contributed by atoms with E-state index in [0.717, 1.165) is 23.0 Å². The van der Waals surface area contributed by atoms with Crippen molar-refractivity contribution in [2.45, 2.75) is 33.3 Å². The van der Waals surface area contributed by atoms with E-state index in [4.69, 9.17) is 0 Å². The summed E-state index contributed by atoms with van der Waals surface area (Å²) in [6.07, 6.45) is 0.259. The quantitative estimate of drug-likeness (QED) is 0.746. The average molecular weight is 192 g/mol. The number of benzene rings is 1. The maximum atomic E-state index is 10.3. The standard InChI is InChI=1S/C12H16O2/c1-8-6-10(3)11(7-9(8)2)12(14)4-5-13/h5-7,12,14H,4H2,1-3H3. The summed E-state index contributed by atoms with van der Waals surface area (Å²) >= 11 is 0. The number of carbonyl (C=O) groups excluding carboxylic acids is 1. The van der Waals surface area contributed by atoms with Crippen LogP contribution in [-0.4, -0.2) is 11.4 Å². The highest BCUT2D eigenvalue weighted by molar-refractivity contribution is 5.52. The molecule has 0 spiro atoms. The van der Waals surface area contributed by atoms with Crippen molar-refractivity contribution < 1.29 is 9.90 Å². The Morgan fingerprint density at radius 3 is 2.36 bits per heavy atom. The fourth-order valence-corrected chi connectivity index (χ4v) is 1.56. The van der Waals surface area contributed by atoms with Crippen LogP contribution in [0.3, 0.4) is 0 Å². The number of carbonyl (C=O) groups is 1. The van der Waals surface area contributed by atoms with Gasteiger partial charge in [0, 0.05) is 6.42 Å². The molecule has 0 heterocycles. The van der Waals surface area contributed by atoms with Crippen LogP contribution in [0.2, 0.25) is 0 Å². The van der Waals surface area contributed by atoms with Crippen molar-refractivity contribution in [3.8, 4) is 0 Å². The maximum absolute atomic E-state index is 10.3. The molecule has 2 heteroatoms. The summed E-state index contributed by atoms with van der Waals surface area (Å²) in [7, 11) is 0. The smallest absolute Gasteiger partial charge is 0.122 e. The summed E-state index contributed by atoms with van der Waals surface area (Å²) in [5.74, 6) is 0. The zero-order valence-electron chi connectivity index (χ0n) is 8.87. The molecule has 1 unspecified atom stereocenters. The minimum Gasteiger partial charge on any atom is -0.388 e. The van der Waals surface area contributed by atoms with Crippen LogP contribution in [0, 0.1) is 20.8 Å². The third-order valence-corrected chi connectivity index (χ3v) is 2.56. The van der Waals surface area contributed by atoms with E-state index in [1.54, 1.807) is 0 Å². The fraction of sp³-hybridized carbons (Fsp3) is 0.417. The SMILES string of the molecule is Cc1cc(C)c(C(O)CC=O)cc1C. The van der Waals surface area contributed by atoms with E-state index in [-0.39, 0.29) is 6.42 Å². The summed E-state index contributed by atoms with van der Waals surface area (Å²) in [5.41, 5.74) is 4.27. The predicted molar refractivity (Wildman–Crippen MR) is 56.3 cm³/mol. The summed E-state index contributed by atoms with van der Waals surface area (Å²) in [5, 5.41) is 9.69. The van der Waals surface area contributed by atoms with Crippen LogP contribution < -0.4 is 0 Å². The number of aliphatic hydroxyl groups excluding tert-OH is 1. The minimum atomic E-state index is -0.660. The van der Waals surface area contributed by atoms with E-state index in [1.165, 1.54) is 5.56 Å². The second-order valence-electron chi connectivity index (χ2n) is 3.71. The predicted octanol–water partition coefficient (Wildman–Crippen LogP) is 2.23. The van der Waals surface area contributed by atoms with Crippen molar-refractivity contribution in [3.05, 3.63) is 34.4 Å². The molecule has 0 aliphatic rings. The summed E-state index contributed by atoms with van der Waals surface area (Å²) in [6.45, 7) is 6.00. The summed E-state index contributed by atoms with van der Waals surface area (Å²) in [4.78, 5) is 10.3. The Labute approximate surface area is 84.6 Å². The topological polar surface area (TPSA) is 37.3 Å². The van der Waals surface area contributed by atoms with Crippen LogP contribution >= 0.6 is 0 Å². The Kier molecular flexibility index (Phi) is 3.42. The molecule has 14 heavy (non-hydrogen) atoms. The molecular weight excluding hydrogens is 176 g/mol. The molecule has 1 aromatic rings. The van der Waals surface area contributed by atoms with Crippen LogP contribution in [0.4, 0.5) is 0 Å². The van der Waals surface area contributed by atoms with E-state index >= 15 is 0 Å². The van der Waals surface area contributed by atoms with Gasteiger partial charge in [0.05, 0.1) is 6.10 Å². The molecular formula is C12H16O2. The van der Waals surface area contributed by atoms with Crippen molar-refractivity contribution in [3.63, 3.8) is 0 Å². The van der Waals surface area contributed by atoms with Gasteiger partial charge in [0.15, 0.2) is 0 Å². The molecule has 0 saturated heterocycles. The number of rotatable bonds is 3. The van der Waals surface area contributed by atoms with Gasteiger partial charge in [-0.2, -0.15) is 0 Å². The monoisotopic (exact) mass is 192 g/mol. The van der Waals surface area contributed by atoms with Crippen LogP contribution in [-0.2, 0) is 4.79 Å². The molecule has 0 amide bonds. The molecule has 0 aliphatic heterocycles.